The normalized spacial score (nSPS) is 15.2. The number of carbonyl (C=O) groups excluding carboxylic acids is 1. The summed E-state index contributed by atoms with van der Waals surface area (Å²) in [6.45, 7) is 0. The van der Waals surface area contributed by atoms with E-state index < -0.39 is 0 Å². The summed E-state index contributed by atoms with van der Waals surface area (Å²) >= 11 is 0. The molecular weight excluding hydrogens is 314 g/mol. The van der Waals surface area contributed by atoms with Crippen LogP contribution < -0.4 is 10.9 Å². The summed E-state index contributed by atoms with van der Waals surface area (Å²) in [5, 5.41) is 3.99. The van der Waals surface area contributed by atoms with Gasteiger partial charge in [0.25, 0.3) is 5.56 Å². The molecule has 1 aliphatic carbocycles. The van der Waals surface area contributed by atoms with E-state index in [2.05, 4.69) is 15.3 Å². The molecule has 126 valence electrons. The first-order valence-corrected chi connectivity index (χ1v) is 8.51. The molecule has 5 nitrogen and oxygen atoms in total. The first kappa shape index (κ1) is 15.7. The Balaban J connectivity index is 1.59. The van der Waals surface area contributed by atoms with Crippen molar-refractivity contribution in [1.29, 1.82) is 0 Å². The van der Waals surface area contributed by atoms with Crippen molar-refractivity contribution in [2.45, 2.75) is 31.3 Å². The summed E-state index contributed by atoms with van der Waals surface area (Å²) in [4.78, 5) is 31.4. The molecule has 0 spiro atoms. The summed E-state index contributed by atoms with van der Waals surface area (Å²) in [5.41, 5.74) is 2.31. The third-order valence-electron chi connectivity index (χ3n) is 4.52. The minimum absolute atomic E-state index is 0.127. The molecule has 2 N–H and O–H groups in total. The number of hydrogen-bond donors (Lipinski definition) is 2. The van der Waals surface area contributed by atoms with Crippen LogP contribution in [0.3, 0.4) is 0 Å². The van der Waals surface area contributed by atoms with Crippen LogP contribution in [0.15, 0.2) is 59.7 Å². The number of aromatic amines is 1. The lowest BCUT2D eigenvalue weighted by Gasteiger charge is -2.18. The van der Waals surface area contributed by atoms with E-state index >= 15 is 0 Å². The van der Waals surface area contributed by atoms with E-state index in [1.807, 2.05) is 42.5 Å². The maximum Gasteiger partial charge on any atom is 0.258 e. The summed E-state index contributed by atoms with van der Waals surface area (Å²) in [7, 11) is 0. The van der Waals surface area contributed by atoms with E-state index in [-0.39, 0.29) is 17.4 Å². The Morgan fingerprint density at radius 1 is 1.20 bits per heavy atom. The number of ketones is 1. The van der Waals surface area contributed by atoms with Crippen LogP contribution in [0, 0.1) is 0 Å². The van der Waals surface area contributed by atoms with Crippen molar-refractivity contribution in [3.63, 3.8) is 0 Å². The monoisotopic (exact) mass is 333 g/mol. The second kappa shape index (κ2) is 6.61. The van der Waals surface area contributed by atoms with Crippen molar-refractivity contribution >= 4 is 16.7 Å². The average Bonchev–Trinajstić information content (AvgIpc) is 3.45. The Morgan fingerprint density at radius 3 is 2.76 bits per heavy atom. The lowest BCUT2D eigenvalue weighted by molar-refractivity contribution is -0.120. The highest BCUT2D eigenvalue weighted by atomic mass is 16.1. The molecule has 1 saturated carbocycles. The molecule has 1 fully saturated rings. The Bertz CT molecular complexity index is 961. The molecule has 3 aromatic rings. The van der Waals surface area contributed by atoms with Gasteiger partial charge in [-0.25, -0.2) is 4.98 Å². The minimum atomic E-state index is -0.295. The van der Waals surface area contributed by atoms with Crippen LogP contribution in [0.4, 0.5) is 0 Å². The van der Waals surface area contributed by atoms with Gasteiger partial charge in [0, 0.05) is 12.5 Å². The second-order valence-corrected chi connectivity index (χ2v) is 6.51. The molecule has 4 rings (SSSR count). The smallest absolute Gasteiger partial charge is 0.258 e. The van der Waals surface area contributed by atoms with E-state index in [1.54, 1.807) is 6.07 Å². The number of H-pyrrole nitrogens is 1. The molecule has 25 heavy (non-hydrogen) atoms. The Kier molecular flexibility index (Phi) is 4.15. The van der Waals surface area contributed by atoms with Gasteiger partial charge in [0.15, 0.2) is 5.78 Å². The van der Waals surface area contributed by atoms with Crippen LogP contribution in [0.5, 0.6) is 0 Å². The van der Waals surface area contributed by atoms with Crippen molar-refractivity contribution in [3.05, 3.63) is 76.3 Å². The molecule has 5 heteroatoms. The van der Waals surface area contributed by atoms with Crippen LogP contribution in [0.25, 0.3) is 10.9 Å². The second-order valence-electron chi connectivity index (χ2n) is 6.51. The standard InChI is InChI=1S/C20H19N3O2/c24-18(19(23-15-7-8-15)14-4-2-1-3-5-14)11-13-6-9-16-17(10-13)21-12-22-20(16)25/h1-6,9-10,12,15,19,23H,7-8,11H2,(H,21,22,25). The van der Waals surface area contributed by atoms with Gasteiger partial charge in [-0.1, -0.05) is 36.4 Å². The van der Waals surface area contributed by atoms with Crippen molar-refractivity contribution in [2.24, 2.45) is 0 Å². The molecule has 1 aromatic heterocycles. The highest BCUT2D eigenvalue weighted by molar-refractivity contribution is 5.88. The van der Waals surface area contributed by atoms with Gasteiger partial charge < -0.3 is 10.3 Å². The Hall–Kier alpha value is -2.79. The summed E-state index contributed by atoms with van der Waals surface area (Å²) in [5.74, 6) is 0.127. The maximum absolute atomic E-state index is 12.9. The number of fused-ring (bicyclic) bond motifs is 1. The summed E-state index contributed by atoms with van der Waals surface area (Å²) < 4.78 is 0. The predicted molar refractivity (Wildman–Crippen MR) is 96.4 cm³/mol. The van der Waals surface area contributed by atoms with Gasteiger partial charge in [0.1, 0.15) is 0 Å². The van der Waals surface area contributed by atoms with Crippen LogP contribution in [-0.4, -0.2) is 21.8 Å². The molecule has 0 radical (unpaired) electrons. The summed E-state index contributed by atoms with van der Waals surface area (Å²) in [6.07, 6.45) is 3.94. The van der Waals surface area contributed by atoms with Gasteiger partial charge >= 0.3 is 0 Å². The highest BCUT2D eigenvalue weighted by Crippen LogP contribution is 2.25. The fourth-order valence-electron chi connectivity index (χ4n) is 3.03. The molecule has 0 saturated heterocycles. The molecule has 2 aromatic carbocycles. The van der Waals surface area contributed by atoms with Crippen molar-refractivity contribution in [3.8, 4) is 0 Å². The van der Waals surface area contributed by atoms with E-state index in [9.17, 15) is 9.59 Å². The van der Waals surface area contributed by atoms with Crippen LogP contribution >= 0.6 is 0 Å². The number of carbonyl (C=O) groups is 1. The average molecular weight is 333 g/mol. The zero-order chi connectivity index (χ0) is 17.2. The number of aromatic nitrogens is 2. The molecule has 0 amide bonds. The first-order valence-electron chi connectivity index (χ1n) is 8.51. The quantitative estimate of drug-likeness (QED) is 0.727. The fourth-order valence-corrected chi connectivity index (χ4v) is 3.03. The van der Waals surface area contributed by atoms with E-state index in [1.165, 1.54) is 6.33 Å². The zero-order valence-corrected chi connectivity index (χ0v) is 13.7. The number of benzene rings is 2. The van der Waals surface area contributed by atoms with Gasteiger partial charge in [0.05, 0.1) is 23.3 Å². The lowest BCUT2D eigenvalue weighted by Crippen LogP contribution is -2.31. The van der Waals surface area contributed by atoms with Crippen LogP contribution in [-0.2, 0) is 11.2 Å². The number of rotatable bonds is 6. The molecular formula is C20H19N3O2. The number of hydrogen-bond acceptors (Lipinski definition) is 4. The Labute approximate surface area is 145 Å². The maximum atomic E-state index is 12.9. The first-order chi connectivity index (χ1) is 12.2. The number of nitrogens with zero attached hydrogens (tertiary/aromatic N) is 1. The SMILES string of the molecule is O=C(Cc1ccc2c(=O)[nH]cnc2c1)C(NC1CC1)c1ccccc1. The van der Waals surface area contributed by atoms with Crippen molar-refractivity contribution in [1.82, 2.24) is 15.3 Å². The largest absolute Gasteiger partial charge is 0.313 e. The highest BCUT2D eigenvalue weighted by Gasteiger charge is 2.29. The molecule has 0 bridgehead atoms. The molecule has 1 aliphatic rings. The van der Waals surface area contributed by atoms with Gasteiger partial charge in [0.2, 0.25) is 0 Å². The molecule has 1 unspecified atom stereocenters. The van der Waals surface area contributed by atoms with Crippen LogP contribution in [0.2, 0.25) is 0 Å². The zero-order valence-electron chi connectivity index (χ0n) is 13.7. The molecule has 1 heterocycles. The van der Waals surface area contributed by atoms with Crippen molar-refractivity contribution in [2.75, 3.05) is 0 Å². The summed E-state index contributed by atoms with van der Waals surface area (Å²) in [6, 6.07) is 15.4. The van der Waals surface area contributed by atoms with Crippen LogP contribution in [0.1, 0.15) is 30.0 Å². The molecule has 0 aliphatic heterocycles. The third-order valence-corrected chi connectivity index (χ3v) is 4.52. The van der Waals surface area contributed by atoms with Gasteiger partial charge in [-0.2, -0.15) is 0 Å². The van der Waals surface area contributed by atoms with E-state index in [4.69, 9.17) is 0 Å². The number of Topliss-reactive ketones (excluding diaryl/α,β-unsaturated/α-hetero) is 1. The topological polar surface area (TPSA) is 74.8 Å². The number of nitrogens with one attached hydrogen (secondary N) is 2. The lowest BCUT2D eigenvalue weighted by atomic mass is 9.97. The fraction of sp³-hybridized carbons (Fsp3) is 0.250. The Morgan fingerprint density at radius 2 is 2.00 bits per heavy atom. The third kappa shape index (κ3) is 3.51. The van der Waals surface area contributed by atoms with E-state index in [0.29, 0.717) is 23.4 Å². The van der Waals surface area contributed by atoms with Gasteiger partial charge in [-0.05, 0) is 36.1 Å². The van der Waals surface area contributed by atoms with Gasteiger partial charge in [-0.15, -0.1) is 0 Å². The van der Waals surface area contributed by atoms with Crippen molar-refractivity contribution < 1.29 is 4.79 Å². The van der Waals surface area contributed by atoms with E-state index in [0.717, 1.165) is 24.0 Å². The minimum Gasteiger partial charge on any atom is -0.313 e. The predicted octanol–water partition coefficient (Wildman–Crippen LogP) is 2.53. The molecule has 1 atom stereocenters. The van der Waals surface area contributed by atoms with Gasteiger partial charge in [-0.3, -0.25) is 9.59 Å².